The minimum atomic E-state index is -5.91. The number of rotatable bonds is 2. The number of halogens is 8. The first kappa shape index (κ1) is 17.6. The average Bonchev–Trinajstić information content (AvgIpc) is 2.39. The van der Waals surface area contributed by atoms with Gasteiger partial charge in [-0.25, -0.2) is 8.78 Å². The van der Waals surface area contributed by atoms with Crippen LogP contribution in [-0.2, 0) is 0 Å². The van der Waals surface area contributed by atoms with Gasteiger partial charge in [0, 0.05) is 12.1 Å². The van der Waals surface area contributed by atoms with Crippen molar-refractivity contribution in [3.63, 3.8) is 0 Å². The molecule has 0 radical (unpaired) electrons. The molecule has 1 aliphatic rings. The van der Waals surface area contributed by atoms with Gasteiger partial charge in [0.15, 0.2) is 5.41 Å². The number of para-hydroxylation sites is 1. The van der Waals surface area contributed by atoms with Crippen LogP contribution in [-0.4, -0.2) is 24.3 Å². The van der Waals surface area contributed by atoms with Crippen LogP contribution in [0.1, 0.15) is 6.42 Å². The van der Waals surface area contributed by atoms with Gasteiger partial charge in [-0.05, 0) is 18.2 Å². The molecular weight excluding hydrogens is 334 g/mol. The van der Waals surface area contributed by atoms with E-state index in [1.165, 1.54) is 30.3 Å². The summed E-state index contributed by atoms with van der Waals surface area (Å²) in [5.74, 6) is -4.21. The SMILES string of the molecule is FC1(F)C=CC(Nc2ccccc2)C(C(F)(F)F)(C(F)(F)F)C1. The standard InChI is InChI=1S/C14H11F8N/c15-11(16)7-6-10(23-9-4-2-1-3-5-9)12(8-11,13(17,18)19)14(20,21)22/h1-7,10,23H,8H2. The van der Waals surface area contributed by atoms with Crippen LogP contribution in [0.4, 0.5) is 40.8 Å². The van der Waals surface area contributed by atoms with Crippen molar-refractivity contribution in [2.45, 2.75) is 30.7 Å². The molecule has 1 nitrogen and oxygen atoms in total. The smallest absolute Gasteiger partial charge is 0.378 e. The molecule has 9 heteroatoms. The van der Waals surface area contributed by atoms with Crippen LogP contribution in [0.2, 0.25) is 0 Å². The minimum Gasteiger partial charge on any atom is -0.378 e. The molecule has 0 amide bonds. The van der Waals surface area contributed by atoms with Crippen molar-refractivity contribution in [2.75, 3.05) is 5.32 Å². The van der Waals surface area contributed by atoms with E-state index in [1.807, 2.05) is 0 Å². The van der Waals surface area contributed by atoms with Crippen LogP contribution < -0.4 is 5.32 Å². The van der Waals surface area contributed by atoms with Crippen molar-refractivity contribution >= 4 is 5.69 Å². The van der Waals surface area contributed by atoms with E-state index in [0.717, 1.165) is 0 Å². The number of allylic oxidation sites excluding steroid dienone is 1. The van der Waals surface area contributed by atoms with Crippen LogP contribution in [0.25, 0.3) is 0 Å². The Morgan fingerprint density at radius 1 is 0.913 bits per heavy atom. The fraction of sp³-hybridized carbons (Fsp3) is 0.429. The highest BCUT2D eigenvalue weighted by Gasteiger charge is 2.76. The van der Waals surface area contributed by atoms with E-state index in [-0.39, 0.29) is 17.8 Å². The average molecular weight is 345 g/mol. The first-order valence-electron chi connectivity index (χ1n) is 6.41. The van der Waals surface area contributed by atoms with Gasteiger partial charge in [-0.1, -0.05) is 24.3 Å². The zero-order valence-corrected chi connectivity index (χ0v) is 11.3. The monoisotopic (exact) mass is 345 g/mol. The molecule has 0 spiro atoms. The lowest BCUT2D eigenvalue weighted by Gasteiger charge is -2.45. The highest BCUT2D eigenvalue weighted by atomic mass is 19.4. The molecule has 1 unspecified atom stereocenters. The number of anilines is 1. The maximum Gasteiger partial charge on any atom is 0.405 e. The Labute approximate surface area is 126 Å². The molecule has 1 aromatic carbocycles. The normalized spacial score (nSPS) is 23.6. The Hall–Kier alpha value is -1.80. The Morgan fingerprint density at radius 2 is 1.43 bits per heavy atom. The molecule has 0 fully saturated rings. The fourth-order valence-electron chi connectivity index (χ4n) is 2.54. The minimum absolute atomic E-state index is 0.0368. The molecule has 1 N–H and O–H groups in total. The zero-order chi connectivity index (χ0) is 17.5. The van der Waals surface area contributed by atoms with Crippen LogP contribution in [0.15, 0.2) is 42.5 Å². The number of benzene rings is 1. The van der Waals surface area contributed by atoms with Crippen LogP contribution >= 0.6 is 0 Å². The predicted octanol–water partition coefficient (Wildman–Crippen LogP) is 5.17. The molecule has 23 heavy (non-hydrogen) atoms. The van der Waals surface area contributed by atoms with Crippen LogP contribution in [0.3, 0.4) is 0 Å². The van der Waals surface area contributed by atoms with E-state index < -0.39 is 36.2 Å². The number of nitrogens with one attached hydrogen (secondary N) is 1. The lowest BCUT2D eigenvalue weighted by Crippen LogP contribution is -2.62. The van der Waals surface area contributed by atoms with Gasteiger partial charge in [-0.3, -0.25) is 0 Å². The topological polar surface area (TPSA) is 12.0 Å². The lowest BCUT2D eigenvalue weighted by atomic mass is 9.70. The summed E-state index contributed by atoms with van der Waals surface area (Å²) in [5.41, 5.74) is -4.63. The van der Waals surface area contributed by atoms with Crippen LogP contribution in [0, 0.1) is 5.41 Å². The highest BCUT2D eigenvalue weighted by molar-refractivity contribution is 5.46. The molecule has 1 aliphatic carbocycles. The summed E-state index contributed by atoms with van der Waals surface area (Å²) in [5, 5.41) is 2.06. The van der Waals surface area contributed by atoms with Crippen molar-refractivity contribution in [3.8, 4) is 0 Å². The second-order valence-electron chi connectivity index (χ2n) is 5.25. The molecule has 128 valence electrons. The van der Waals surface area contributed by atoms with Gasteiger partial charge in [0.1, 0.15) is 0 Å². The fourth-order valence-corrected chi connectivity index (χ4v) is 2.54. The third kappa shape index (κ3) is 3.13. The Balaban J connectivity index is 2.55. The lowest BCUT2D eigenvalue weighted by molar-refractivity contribution is -0.356. The maximum absolute atomic E-state index is 13.4. The molecule has 0 bridgehead atoms. The number of hydrogen-bond donors (Lipinski definition) is 1. The molecule has 0 heterocycles. The molecule has 0 saturated heterocycles. The van der Waals surface area contributed by atoms with E-state index >= 15 is 0 Å². The summed E-state index contributed by atoms with van der Waals surface area (Å²) in [4.78, 5) is 0. The number of alkyl halides is 8. The summed E-state index contributed by atoms with van der Waals surface area (Å²) < 4.78 is 106. The first-order chi connectivity index (χ1) is 10.4. The van der Waals surface area contributed by atoms with Gasteiger partial charge < -0.3 is 5.32 Å². The van der Waals surface area contributed by atoms with E-state index in [2.05, 4.69) is 5.32 Å². The Morgan fingerprint density at radius 3 is 1.91 bits per heavy atom. The second kappa shape index (κ2) is 5.38. The molecule has 2 rings (SSSR count). The Kier molecular flexibility index (Phi) is 4.11. The van der Waals surface area contributed by atoms with Crippen molar-refractivity contribution in [1.82, 2.24) is 0 Å². The largest absolute Gasteiger partial charge is 0.405 e. The van der Waals surface area contributed by atoms with Crippen molar-refractivity contribution in [2.24, 2.45) is 5.41 Å². The predicted molar refractivity (Wildman–Crippen MR) is 67.1 cm³/mol. The van der Waals surface area contributed by atoms with E-state index in [9.17, 15) is 35.1 Å². The van der Waals surface area contributed by atoms with Crippen LogP contribution in [0.5, 0.6) is 0 Å². The van der Waals surface area contributed by atoms with Gasteiger partial charge >= 0.3 is 12.4 Å². The molecular formula is C14H11F8N. The highest BCUT2D eigenvalue weighted by Crippen LogP contribution is 2.60. The Bertz CT molecular complexity index is 559. The quantitative estimate of drug-likeness (QED) is 0.576. The summed E-state index contributed by atoms with van der Waals surface area (Å²) in [6.45, 7) is 0. The van der Waals surface area contributed by atoms with Crippen molar-refractivity contribution in [1.29, 1.82) is 0 Å². The van der Waals surface area contributed by atoms with Gasteiger partial charge in [-0.15, -0.1) is 0 Å². The number of hydrogen-bond acceptors (Lipinski definition) is 1. The molecule has 1 aromatic rings. The summed E-state index contributed by atoms with van der Waals surface area (Å²) >= 11 is 0. The van der Waals surface area contributed by atoms with Crippen molar-refractivity contribution < 1.29 is 35.1 Å². The van der Waals surface area contributed by atoms with Gasteiger partial charge in [0.05, 0.1) is 6.04 Å². The van der Waals surface area contributed by atoms with E-state index in [4.69, 9.17) is 0 Å². The summed E-state index contributed by atoms with van der Waals surface area (Å²) in [6, 6.07) is 4.40. The molecule has 0 aliphatic heterocycles. The molecule has 1 atom stereocenters. The molecule has 0 saturated carbocycles. The summed E-state index contributed by atoms with van der Waals surface area (Å²) in [7, 11) is 0. The zero-order valence-electron chi connectivity index (χ0n) is 11.3. The molecule has 0 aromatic heterocycles. The first-order valence-corrected chi connectivity index (χ1v) is 6.41. The second-order valence-corrected chi connectivity index (χ2v) is 5.25. The third-order valence-electron chi connectivity index (χ3n) is 3.69. The maximum atomic E-state index is 13.4. The van der Waals surface area contributed by atoms with Gasteiger partial charge in [0.25, 0.3) is 5.92 Å². The van der Waals surface area contributed by atoms with E-state index in [1.54, 1.807) is 0 Å². The van der Waals surface area contributed by atoms with E-state index in [0.29, 0.717) is 0 Å². The summed E-state index contributed by atoms with van der Waals surface area (Å²) in [6.07, 6.45) is -13.9. The van der Waals surface area contributed by atoms with Gasteiger partial charge in [0.2, 0.25) is 0 Å². The van der Waals surface area contributed by atoms with Gasteiger partial charge in [-0.2, -0.15) is 26.3 Å². The van der Waals surface area contributed by atoms with Crippen molar-refractivity contribution in [3.05, 3.63) is 42.5 Å². The third-order valence-corrected chi connectivity index (χ3v) is 3.69.